The molecule has 0 unspecified atom stereocenters. The van der Waals surface area contributed by atoms with Crippen molar-refractivity contribution in [1.29, 1.82) is 0 Å². The van der Waals surface area contributed by atoms with Crippen LogP contribution in [0.15, 0.2) is 61.1 Å². The van der Waals surface area contributed by atoms with Gasteiger partial charge in [-0.2, -0.15) is 10.2 Å². The lowest BCUT2D eigenvalue weighted by Crippen LogP contribution is -2.14. The summed E-state index contributed by atoms with van der Waals surface area (Å²) in [6.07, 6.45) is 6.45. The Bertz CT molecular complexity index is 1190. The standard InChI is InChI=1S/C23H20N4O2/c1-28-22-12-18-19(13-23(22)29-2)26-25-14-21(18)27-10-7-17-11-16(3-4-20(17)27)15-5-8-24-9-6-15/h3-6,8-9,11-14H,7,10H2,1-2H3. The number of rotatable bonds is 4. The van der Waals surface area contributed by atoms with Crippen molar-refractivity contribution in [2.24, 2.45) is 0 Å². The first-order chi connectivity index (χ1) is 14.3. The van der Waals surface area contributed by atoms with E-state index in [0.29, 0.717) is 11.5 Å². The van der Waals surface area contributed by atoms with Gasteiger partial charge in [-0.25, -0.2) is 0 Å². The zero-order valence-electron chi connectivity index (χ0n) is 16.3. The summed E-state index contributed by atoms with van der Waals surface area (Å²) in [5.74, 6) is 1.33. The Morgan fingerprint density at radius 1 is 0.862 bits per heavy atom. The monoisotopic (exact) mass is 384 g/mol. The minimum absolute atomic E-state index is 0.648. The van der Waals surface area contributed by atoms with Gasteiger partial charge in [-0.1, -0.05) is 6.07 Å². The topological polar surface area (TPSA) is 60.4 Å². The minimum Gasteiger partial charge on any atom is -0.493 e. The van der Waals surface area contributed by atoms with Crippen LogP contribution in [-0.2, 0) is 6.42 Å². The Kier molecular flexibility index (Phi) is 4.24. The average molecular weight is 384 g/mol. The fraction of sp³-hybridized carbons (Fsp3) is 0.174. The predicted molar refractivity (Wildman–Crippen MR) is 113 cm³/mol. The lowest BCUT2D eigenvalue weighted by Gasteiger charge is -2.21. The highest BCUT2D eigenvalue weighted by Gasteiger charge is 2.23. The van der Waals surface area contributed by atoms with Crippen molar-refractivity contribution in [2.45, 2.75) is 6.42 Å². The first kappa shape index (κ1) is 17.4. The molecule has 5 rings (SSSR count). The number of nitrogens with zero attached hydrogens (tertiary/aromatic N) is 4. The summed E-state index contributed by atoms with van der Waals surface area (Å²) in [5, 5.41) is 9.51. The van der Waals surface area contributed by atoms with Gasteiger partial charge in [-0.3, -0.25) is 4.98 Å². The van der Waals surface area contributed by atoms with E-state index < -0.39 is 0 Å². The van der Waals surface area contributed by atoms with Gasteiger partial charge >= 0.3 is 0 Å². The van der Waals surface area contributed by atoms with Gasteiger partial charge in [0.05, 0.1) is 31.6 Å². The van der Waals surface area contributed by atoms with Crippen LogP contribution >= 0.6 is 0 Å². The number of anilines is 2. The Labute approximate surface area is 168 Å². The Morgan fingerprint density at radius 3 is 2.45 bits per heavy atom. The molecule has 0 N–H and O–H groups in total. The molecule has 6 nitrogen and oxygen atoms in total. The molecule has 2 aromatic carbocycles. The van der Waals surface area contributed by atoms with Gasteiger partial charge in [0.1, 0.15) is 0 Å². The zero-order valence-corrected chi connectivity index (χ0v) is 16.3. The molecule has 0 fully saturated rings. The number of ether oxygens (including phenoxy) is 2. The van der Waals surface area contributed by atoms with E-state index in [2.05, 4.69) is 38.3 Å². The van der Waals surface area contributed by atoms with E-state index in [9.17, 15) is 0 Å². The molecule has 0 radical (unpaired) electrons. The highest BCUT2D eigenvalue weighted by molar-refractivity contribution is 5.96. The second-order valence-electron chi connectivity index (χ2n) is 6.94. The fourth-order valence-corrected chi connectivity index (χ4v) is 3.96. The summed E-state index contributed by atoms with van der Waals surface area (Å²) < 4.78 is 10.9. The van der Waals surface area contributed by atoms with Crippen molar-refractivity contribution < 1.29 is 9.47 Å². The van der Waals surface area contributed by atoms with Crippen molar-refractivity contribution in [2.75, 3.05) is 25.7 Å². The van der Waals surface area contributed by atoms with Gasteiger partial charge in [0.25, 0.3) is 0 Å². The van der Waals surface area contributed by atoms with E-state index >= 15 is 0 Å². The van der Waals surface area contributed by atoms with Crippen LogP contribution in [0, 0.1) is 0 Å². The second-order valence-corrected chi connectivity index (χ2v) is 6.94. The lowest BCUT2D eigenvalue weighted by atomic mass is 10.0. The number of pyridine rings is 1. The van der Waals surface area contributed by atoms with Crippen molar-refractivity contribution in [1.82, 2.24) is 15.2 Å². The van der Waals surface area contributed by atoms with Gasteiger partial charge in [0.15, 0.2) is 11.5 Å². The largest absolute Gasteiger partial charge is 0.493 e. The maximum Gasteiger partial charge on any atom is 0.162 e. The molecular formula is C23H20N4O2. The highest BCUT2D eigenvalue weighted by Crippen LogP contribution is 2.41. The van der Waals surface area contributed by atoms with Crippen LogP contribution in [0.25, 0.3) is 22.0 Å². The number of benzene rings is 2. The molecule has 29 heavy (non-hydrogen) atoms. The van der Waals surface area contributed by atoms with Gasteiger partial charge in [-0.15, -0.1) is 0 Å². The molecule has 4 aromatic rings. The third-order valence-electron chi connectivity index (χ3n) is 5.40. The molecule has 0 atom stereocenters. The predicted octanol–water partition coefficient (Wildman–Crippen LogP) is 4.40. The molecule has 0 saturated carbocycles. The molecule has 1 aliphatic heterocycles. The number of hydrogen-bond acceptors (Lipinski definition) is 6. The average Bonchev–Trinajstić information content (AvgIpc) is 3.21. The van der Waals surface area contributed by atoms with E-state index in [4.69, 9.17) is 9.47 Å². The third kappa shape index (κ3) is 2.93. The fourth-order valence-electron chi connectivity index (χ4n) is 3.96. The second kappa shape index (κ2) is 7.05. The summed E-state index contributed by atoms with van der Waals surface area (Å²) in [6.45, 7) is 0.893. The molecule has 3 heterocycles. The van der Waals surface area contributed by atoms with Crippen LogP contribution in [0.1, 0.15) is 5.56 Å². The Morgan fingerprint density at radius 2 is 1.66 bits per heavy atom. The number of aromatic nitrogens is 3. The zero-order chi connectivity index (χ0) is 19.8. The summed E-state index contributed by atoms with van der Waals surface area (Å²) in [5.41, 5.74) is 6.70. The van der Waals surface area contributed by atoms with E-state index in [0.717, 1.165) is 29.6 Å². The molecule has 1 aliphatic rings. The molecule has 0 amide bonds. The van der Waals surface area contributed by atoms with Crippen LogP contribution in [0.3, 0.4) is 0 Å². The van der Waals surface area contributed by atoms with Crippen LogP contribution in [0.4, 0.5) is 11.4 Å². The first-order valence-corrected chi connectivity index (χ1v) is 9.47. The SMILES string of the molecule is COc1cc2nncc(N3CCc4cc(-c5ccncc5)ccc43)c2cc1OC. The summed E-state index contributed by atoms with van der Waals surface area (Å²) in [7, 11) is 3.27. The van der Waals surface area contributed by atoms with Crippen molar-refractivity contribution in [3.63, 3.8) is 0 Å². The number of fused-ring (bicyclic) bond motifs is 2. The summed E-state index contributed by atoms with van der Waals surface area (Å²) in [4.78, 5) is 6.41. The van der Waals surface area contributed by atoms with E-state index in [1.165, 1.54) is 22.4 Å². The van der Waals surface area contributed by atoms with Gasteiger partial charge < -0.3 is 14.4 Å². The van der Waals surface area contributed by atoms with Crippen LogP contribution in [0.2, 0.25) is 0 Å². The maximum atomic E-state index is 5.50. The van der Waals surface area contributed by atoms with E-state index in [1.807, 2.05) is 42.9 Å². The molecule has 0 saturated heterocycles. The Balaban J connectivity index is 1.59. The number of methoxy groups -OCH3 is 2. The molecule has 6 heteroatoms. The highest BCUT2D eigenvalue weighted by atomic mass is 16.5. The van der Waals surface area contributed by atoms with Gasteiger partial charge in [-0.05, 0) is 53.4 Å². The Hall–Kier alpha value is -3.67. The van der Waals surface area contributed by atoms with Crippen molar-refractivity contribution >= 4 is 22.3 Å². The first-order valence-electron chi connectivity index (χ1n) is 9.47. The molecule has 0 spiro atoms. The molecule has 0 aliphatic carbocycles. The molecule has 2 aromatic heterocycles. The van der Waals surface area contributed by atoms with Gasteiger partial charge in [0.2, 0.25) is 0 Å². The van der Waals surface area contributed by atoms with Crippen LogP contribution in [0.5, 0.6) is 11.5 Å². The van der Waals surface area contributed by atoms with Crippen LogP contribution < -0.4 is 14.4 Å². The summed E-state index contributed by atoms with van der Waals surface area (Å²) in [6, 6.07) is 14.5. The maximum absolute atomic E-state index is 5.50. The van der Waals surface area contributed by atoms with Gasteiger partial charge in [0, 0.05) is 36.1 Å². The number of hydrogen-bond donors (Lipinski definition) is 0. The smallest absolute Gasteiger partial charge is 0.162 e. The van der Waals surface area contributed by atoms with Crippen molar-refractivity contribution in [3.05, 3.63) is 66.6 Å². The lowest BCUT2D eigenvalue weighted by molar-refractivity contribution is 0.355. The molecule has 144 valence electrons. The summed E-state index contributed by atoms with van der Waals surface area (Å²) >= 11 is 0. The van der Waals surface area contributed by atoms with E-state index in [1.54, 1.807) is 14.2 Å². The van der Waals surface area contributed by atoms with Crippen molar-refractivity contribution in [3.8, 4) is 22.6 Å². The molecular weight excluding hydrogens is 364 g/mol. The quantitative estimate of drug-likeness (QED) is 0.520. The normalized spacial score (nSPS) is 12.8. The minimum atomic E-state index is 0.648. The third-order valence-corrected chi connectivity index (χ3v) is 5.40. The molecule has 0 bridgehead atoms. The van der Waals surface area contributed by atoms with E-state index in [-0.39, 0.29) is 0 Å². The van der Waals surface area contributed by atoms with Crippen LogP contribution in [-0.4, -0.2) is 35.9 Å².